The summed E-state index contributed by atoms with van der Waals surface area (Å²) < 4.78 is 0. The Kier molecular flexibility index (Phi) is 3.73. The van der Waals surface area contributed by atoms with Crippen LogP contribution in [0, 0.1) is 0 Å². The molecular weight excluding hydrogens is 280 g/mol. The molecule has 2 heteroatoms. The van der Waals surface area contributed by atoms with Gasteiger partial charge in [0, 0.05) is 34.0 Å². The molecule has 0 radical (unpaired) electrons. The number of aromatic nitrogens is 1. The number of nitrogens with one attached hydrogen (secondary N) is 2. The molecule has 0 bridgehead atoms. The summed E-state index contributed by atoms with van der Waals surface area (Å²) in [5, 5.41) is 5.97. The third kappa shape index (κ3) is 2.80. The summed E-state index contributed by atoms with van der Waals surface area (Å²) in [7, 11) is 0. The number of rotatable bonds is 0. The van der Waals surface area contributed by atoms with Crippen molar-refractivity contribution in [1.82, 2.24) is 4.98 Å². The second-order valence-corrected chi connectivity index (χ2v) is 5.90. The normalized spacial score (nSPS) is 13.0. The van der Waals surface area contributed by atoms with Gasteiger partial charge in [-0.05, 0) is 36.6 Å². The number of fused-ring (bicyclic) bond motifs is 4. The Bertz CT molecular complexity index is 861. The first-order valence-corrected chi connectivity index (χ1v) is 8.19. The van der Waals surface area contributed by atoms with E-state index in [4.69, 9.17) is 0 Å². The standard InChI is InChI=1S/C12H9N.C9H11N/c1-3-7-11-9(5-1)10-6-2-4-8-12(10)13-11;1-2-6-9-8(4-1)5-3-7-10-9/h1-8,13H;1-2,4,6,10H,3,5,7H2. The lowest BCUT2D eigenvalue weighted by Gasteiger charge is -2.16. The van der Waals surface area contributed by atoms with Crippen LogP contribution in [0.2, 0.25) is 0 Å². The molecule has 0 aliphatic carbocycles. The van der Waals surface area contributed by atoms with Gasteiger partial charge in [0.2, 0.25) is 0 Å². The van der Waals surface area contributed by atoms with Crippen molar-refractivity contribution >= 4 is 27.5 Å². The van der Waals surface area contributed by atoms with Gasteiger partial charge in [-0.1, -0.05) is 54.6 Å². The van der Waals surface area contributed by atoms with Crippen molar-refractivity contribution in [3.63, 3.8) is 0 Å². The Morgan fingerprint density at radius 3 is 1.96 bits per heavy atom. The molecule has 114 valence electrons. The Labute approximate surface area is 136 Å². The molecule has 0 spiro atoms. The SMILES string of the molecule is c1ccc2c(c1)CCCN2.c1ccc2c(c1)[nH]c1ccccc12. The minimum atomic E-state index is 1.14. The van der Waals surface area contributed by atoms with Crippen LogP contribution in [0.4, 0.5) is 5.69 Å². The molecule has 2 heterocycles. The molecule has 5 rings (SSSR count). The van der Waals surface area contributed by atoms with Gasteiger partial charge >= 0.3 is 0 Å². The topological polar surface area (TPSA) is 27.8 Å². The number of hydrogen-bond acceptors (Lipinski definition) is 1. The molecule has 0 atom stereocenters. The third-order valence-electron chi connectivity index (χ3n) is 4.37. The zero-order chi connectivity index (χ0) is 15.5. The summed E-state index contributed by atoms with van der Waals surface area (Å²) in [6.45, 7) is 1.14. The van der Waals surface area contributed by atoms with Crippen molar-refractivity contribution in [2.75, 3.05) is 11.9 Å². The van der Waals surface area contributed by atoms with E-state index < -0.39 is 0 Å². The van der Waals surface area contributed by atoms with E-state index in [9.17, 15) is 0 Å². The van der Waals surface area contributed by atoms with E-state index >= 15 is 0 Å². The van der Waals surface area contributed by atoms with Gasteiger partial charge in [0.25, 0.3) is 0 Å². The molecule has 0 saturated heterocycles. The van der Waals surface area contributed by atoms with E-state index in [1.54, 1.807) is 0 Å². The first kappa shape index (κ1) is 13.9. The Hall–Kier alpha value is -2.74. The Balaban J connectivity index is 0.000000122. The van der Waals surface area contributed by atoms with Crippen LogP contribution in [0.1, 0.15) is 12.0 Å². The van der Waals surface area contributed by atoms with Gasteiger partial charge in [-0.25, -0.2) is 0 Å². The van der Waals surface area contributed by atoms with Crippen molar-refractivity contribution in [2.45, 2.75) is 12.8 Å². The van der Waals surface area contributed by atoms with E-state index in [2.05, 4.69) is 83.1 Å². The molecule has 0 saturated carbocycles. The van der Waals surface area contributed by atoms with Crippen LogP contribution in [0.3, 0.4) is 0 Å². The minimum Gasteiger partial charge on any atom is -0.385 e. The van der Waals surface area contributed by atoms with E-state index in [1.165, 1.54) is 45.9 Å². The van der Waals surface area contributed by atoms with Crippen molar-refractivity contribution < 1.29 is 0 Å². The fourth-order valence-corrected chi connectivity index (χ4v) is 3.21. The lowest BCUT2D eigenvalue weighted by atomic mass is 10.0. The molecule has 1 aliphatic heterocycles. The predicted octanol–water partition coefficient (Wildman–Crippen LogP) is 5.37. The van der Waals surface area contributed by atoms with Crippen LogP contribution in [0.25, 0.3) is 21.8 Å². The van der Waals surface area contributed by atoms with E-state index in [0.717, 1.165) is 6.54 Å². The summed E-state index contributed by atoms with van der Waals surface area (Å²) in [6, 6.07) is 25.3. The van der Waals surface area contributed by atoms with Crippen LogP contribution in [-0.2, 0) is 6.42 Å². The minimum absolute atomic E-state index is 1.14. The van der Waals surface area contributed by atoms with Crippen molar-refractivity contribution in [3.05, 3.63) is 78.4 Å². The van der Waals surface area contributed by atoms with Gasteiger partial charge in [0.15, 0.2) is 0 Å². The lowest BCUT2D eigenvalue weighted by molar-refractivity contribution is 0.830. The van der Waals surface area contributed by atoms with Crippen LogP contribution >= 0.6 is 0 Å². The zero-order valence-electron chi connectivity index (χ0n) is 13.0. The lowest BCUT2D eigenvalue weighted by Crippen LogP contribution is -2.10. The fraction of sp³-hybridized carbons (Fsp3) is 0.143. The number of H-pyrrole nitrogens is 1. The van der Waals surface area contributed by atoms with Crippen LogP contribution < -0.4 is 5.32 Å². The Morgan fingerprint density at radius 1 is 0.652 bits per heavy atom. The predicted molar refractivity (Wildman–Crippen MR) is 99.1 cm³/mol. The maximum atomic E-state index is 3.38. The summed E-state index contributed by atoms with van der Waals surface area (Å²) in [5.41, 5.74) is 5.22. The van der Waals surface area contributed by atoms with Crippen LogP contribution in [-0.4, -0.2) is 11.5 Å². The molecular formula is C21H20N2. The number of anilines is 1. The molecule has 0 unspecified atom stereocenters. The van der Waals surface area contributed by atoms with E-state index in [0.29, 0.717) is 0 Å². The molecule has 3 aromatic carbocycles. The molecule has 0 fully saturated rings. The third-order valence-corrected chi connectivity index (χ3v) is 4.37. The summed E-state index contributed by atoms with van der Waals surface area (Å²) >= 11 is 0. The number of aromatic amines is 1. The monoisotopic (exact) mass is 300 g/mol. The molecule has 2 N–H and O–H groups in total. The van der Waals surface area contributed by atoms with Crippen LogP contribution in [0.5, 0.6) is 0 Å². The number of benzene rings is 3. The van der Waals surface area contributed by atoms with Crippen molar-refractivity contribution in [1.29, 1.82) is 0 Å². The van der Waals surface area contributed by atoms with Gasteiger partial charge < -0.3 is 10.3 Å². The maximum Gasteiger partial charge on any atom is 0.0464 e. The Morgan fingerprint density at radius 2 is 1.26 bits per heavy atom. The number of hydrogen-bond donors (Lipinski definition) is 2. The fourth-order valence-electron chi connectivity index (χ4n) is 3.21. The van der Waals surface area contributed by atoms with E-state index in [-0.39, 0.29) is 0 Å². The summed E-state index contributed by atoms with van der Waals surface area (Å²) in [6.07, 6.45) is 2.51. The summed E-state index contributed by atoms with van der Waals surface area (Å²) in [4.78, 5) is 3.38. The average Bonchev–Trinajstić information content (AvgIpc) is 3.01. The molecule has 4 aromatic rings. The van der Waals surface area contributed by atoms with Crippen LogP contribution in [0.15, 0.2) is 72.8 Å². The zero-order valence-corrected chi connectivity index (χ0v) is 13.0. The van der Waals surface area contributed by atoms with Gasteiger partial charge in [-0.3, -0.25) is 0 Å². The highest BCUT2D eigenvalue weighted by molar-refractivity contribution is 6.06. The van der Waals surface area contributed by atoms with E-state index in [1.807, 2.05) is 0 Å². The van der Waals surface area contributed by atoms with Crippen molar-refractivity contribution in [2.24, 2.45) is 0 Å². The number of aryl methyl sites for hydroxylation is 1. The average molecular weight is 300 g/mol. The smallest absolute Gasteiger partial charge is 0.0464 e. The van der Waals surface area contributed by atoms with Crippen molar-refractivity contribution in [3.8, 4) is 0 Å². The summed E-state index contributed by atoms with van der Waals surface area (Å²) in [5.74, 6) is 0. The molecule has 1 aromatic heterocycles. The largest absolute Gasteiger partial charge is 0.385 e. The first-order valence-electron chi connectivity index (χ1n) is 8.19. The van der Waals surface area contributed by atoms with Gasteiger partial charge in [-0.15, -0.1) is 0 Å². The molecule has 2 nitrogen and oxygen atoms in total. The maximum absolute atomic E-state index is 3.38. The number of para-hydroxylation sites is 3. The highest BCUT2D eigenvalue weighted by Crippen LogP contribution is 2.24. The highest BCUT2D eigenvalue weighted by Gasteiger charge is 2.04. The first-order chi connectivity index (χ1) is 11.4. The second kappa shape index (κ2) is 6.17. The van der Waals surface area contributed by atoms with Gasteiger partial charge in [-0.2, -0.15) is 0 Å². The molecule has 0 amide bonds. The second-order valence-electron chi connectivity index (χ2n) is 5.90. The van der Waals surface area contributed by atoms with Gasteiger partial charge in [0.1, 0.15) is 0 Å². The molecule has 1 aliphatic rings. The highest BCUT2D eigenvalue weighted by atomic mass is 14.9. The quantitative estimate of drug-likeness (QED) is 0.449. The molecule has 23 heavy (non-hydrogen) atoms. The van der Waals surface area contributed by atoms with Gasteiger partial charge in [0.05, 0.1) is 0 Å².